The van der Waals surface area contributed by atoms with Crippen LogP contribution in [0.1, 0.15) is 12.6 Å². The molecule has 1 aromatic heterocycles. The Labute approximate surface area is 116 Å². The third-order valence-corrected chi connectivity index (χ3v) is 4.03. The van der Waals surface area contributed by atoms with Crippen LogP contribution in [0.3, 0.4) is 0 Å². The number of aromatic nitrogens is 2. The Hall–Kier alpha value is -2.09. The van der Waals surface area contributed by atoms with Crippen molar-refractivity contribution in [2.45, 2.75) is 18.2 Å². The maximum absolute atomic E-state index is 13.3. The number of aryl methyl sites for hydroxylation is 2. The van der Waals surface area contributed by atoms with Crippen molar-refractivity contribution < 1.29 is 12.8 Å². The molecular weight excluding hydrogens is 283 g/mol. The molecule has 0 saturated carbocycles. The maximum atomic E-state index is 13.3. The van der Waals surface area contributed by atoms with Crippen LogP contribution < -0.4 is 10.5 Å². The summed E-state index contributed by atoms with van der Waals surface area (Å²) < 4.78 is 41.6. The Balaban J connectivity index is 2.40. The normalized spacial score (nSPS) is 11.6. The van der Waals surface area contributed by atoms with Crippen molar-refractivity contribution in [1.29, 1.82) is 0 Å². The molecular formula is C12H15FN4O2S. The highest BCUT2D eigenvalue weighted by molar-refractivity contribution is 7.92. The number of nitrogen functional groups attached to an aromatic ring is 1. The van der Waals surface area contributed by atoms with Crippen LogP contribution >= 0.6 is 0 Å². The fourth-order valence-corrected chi connectivity index (χ4v) is 2.96. The molecule has 1 aromatic carbocycles. The Bertz CT molecular complexity index is 720. The van der Waals surface area contributed by atoms with Crippen molar-refractivity contribution in [1.82, 2.24) is 9.78 Å². The van der Waals surface area contributed by atoms with E-state index < -0.39 is 15.8 Å². The van der Waals surface area contributed by atoms with Crippen LogP contribution in [-0.4, -0.2) is 18.2 Å². The van der Waals surface area contributed by atoms with E-state index in [1.807, 2.05) is 6.92 Å². The maximum Gasteiger partial charge on any atom is 0.262 e. The molecule has 0 radical (unpaired) electrons. The average Bonchev–Trinajstić information content (AvgIpc) is 2.67. The number of nitrogens with two attached hydrogens (primary N) is 1. The molecule has 0 aliphatic heterocycles. The van der Waals surface area contributed by atoms with Crippen molar-refractivity contribution in [2.24, 2.45) is 7.05 Å². The van der Waals surface area contributed by atoms with E-state index in [0.717, 1.165) is 12.1 Å². The second-order valence-corrected chi connectivity index (χ2v) is 6.02. The smallest absolute Gasteiger partial charge is 0.262 e. The van der Waals surface area contributed by atoms with Gasteiger partial charge in [-0.05, 0) is 24.6 Å². The van der Waals surface area contributed by atoms with Crippen molar-refractivity contribution >= 4 is 21.4 Å². The number of rotatable bonds is 4. The molecule has 2 aromatic rings. The molecule has 0 aliphatic rings. The Morgan fingerprint density at radius 1 is 1.40 bits per heavy atom. The summed E-state index contributed by atoms with van der Waals surface area (Å²) in [6, 6.07) is 3.18. The van der Waals surface area contributed by atoms with E-state index in [0.29, 0.717) is 17.8 Å². The van der Waals surface area contributed by atoms with E-state index in [1.165, 1.54) is 10.7 Å². The lowest BCUT2D eigenvalue weighted by atomic mass is 10.3. The first-order valence-corrected chi connectivity index (χ1v) is 7.41. The minimum absolute atomic E-state index is 0.0484. The zero-order valence-corrected chi connectivity index (χ0v) is 11.9. The molecule has 8 heteroatoms. The zero-order valence-electron chi connectivity index (χ0n) is 11.1. The predicted molar refractivity (Wildman–Crippen MR) is 74.2 cm³/mol. The number of halogens is 1. The Morgan fingerprint density at radius 3 is 2.70 bits per heavy atom. The van der Waals surface area contributed by atoms with E-state index in [2.05, 4.69) is 9.82 Å². The van der Waals surface area contributed by atoms with Crippen LogP contribution in [0.4, 0.5) is 15.8 Å². The summed E-state index contributed by atoms with van der Waals surface area (Å²) in [5, 5.41) is 4.13. The van der Waals surface area contributed by atoms with Crippen molar-refractivity contribution in [3.8, 4) is 0 Å². The summed E-state index contributed by atoms with van der Waals surface area (Å²) in [5.41, 5.74) is 6.49. The van der Waals surface area contributed by atoms with E-state index in [-0.39, 0.29) is 10.6 Å². The lowest BCUT2D eigenvalue weighted by Crippen LogP contribution is -2.14. The highest BCUT2D eigenvalue weighted by Gasteiger charge is 2.18. The van der Waals surface area contributed by atoms with Gasteiger partial charge in [-0.25, -0.2) is 12.8 Å². The monoisotopic (exact) mass is 298 g/mol. The quantitative estimate of drug-likeness (QED) is 0.837. The van der Waals surface area contributed by atoms with Crippen molar-refractivity contribution in [2.75, 3.05) is 10.5 Å². The molecule has 0 bridgehead atoms. The molecule has 0 fully saturated rings. The largest absolute Gasteiger partial charge is 0.399 e. The zero-order chi connectivity index (χ0) is 14.9. The van der Waals surface area contributed by atoms with Gasteiger partial charge in [0, 0.05) is 18.9 Å². The number of anilines is 2. The summed E-state index contributed by atoms with van der Waals surface area (Å²) in [4.78, 5) is -0.221. The highest BCUT2D eigenvalue weighted by atomic mass is 32.2. The molecule has 2 rings (SSSR count). The van der Waals surface area contributed by atoms with Gasteiger partial charge in [-0.15, -0.1) is 0 Å². The molecule has 1 heterocycles. The third-order valence-electron chi connectivity index (χ3n) is 2.69. The van der Waals surface area contributed by atoms with E-state index in [4.69, 9.17) is 5.73 Å². The fourth-order valence-electron chi connectivity index (χ4n) is 1.82. The molecule has 0 unspecified atom stereocenters. The number of hydrogen-bond acceptors (Lipinski definition) is 4. The van der Waals surface area contributed by atoms with Gasteiger partial charge in [-0.3, -0.25) is 9.40 Å². The second kappa shape index (κ2) is 5.12. The molecule has 0 saturated heterocycles. The minimum Gasteiger partial charge on any atom is -0.399 e. The summed E-state index contributed by atoms with van der Waals surface area (Å²) in [6.07, 6.45) is 2.13. The van der Waals surface area contributed by atoms with Gasteiger partial charge in [0.1, 0.15) is 5.82 Å². The standard InChI is InChI=1S/C12H15FN4O2S/c1-3-11-12(7-17(2)15-11)16-20(18,19)10-5-8(13)4-9(14)6-10/h4-7,16H,3,14H2,1-2H3. The second-order valence-electron chi connectivity index (χ2n) is 4.34. The van der Waals surface area contributed by atoms with Gasteiger partial charge in [-0.1, -0.05) is 6.92 Å². The molecule has 3 N–H and O–H groups in total. The molecule has 20 heavy (non-hydrogen) atoms. The molecule has 6 nitrogen and oxygen atoms in total. The van der Waals surface area contributed by atoms with Gasteiger partial charge in [0.05, 0.1) is 16.3 Å². The Kier molecular flexibility index (Phi) is 3.67. The number of benzene rings is 1. The summed E-state index contributed by atoms with van der Waals surface area (Å²) in [6.45, 7) is 1.86. The number of sulfonamides is 1. The number of nitrogens with zero attached hydrogens (tertiary/aromatic N) is 2. The average molecular weight is 298 g/mol. The molecule has 0 spiro atoms. The summed E-state index contributed by atoms with van der Waals surface area (Å²) in [5.74, 6) is -0.702. The van der Waals surface area contributed by atoms with Crippen LogP contribution in [-0.2, 0) is 23.5 Å². The SMILES string of the molecule is CCc1nn(C)cc1NS(=O)(=O)c1cc(N)cc(F)c1. The molecule has 108 valence electrons. The lowest BCUT2D eigenvalue weighted by molar-refractivity contribution is 0.595. The van der Waals surface area contributed by atoms with Gasteiger partial charge in [0.2, 0.25) is 0 Å². The first-order valence-electron chi connectivity index (χ1n) is 5.93. The first-order chi connectivity index (χ1) is 9.31. The summed E-state index contributed by atoms with van der Waals surface area (Å²) >= 11 is 0. The van der Waals surface area contributed by atoms with Crippen molar-refractivity contribution in [3.63, 3.8) is 0 Å². The van der Waals surface area contributed by atoms with E-state index in [9.17, 15) is 12.8 Å². The summed E-state index contributed by atoms with van der Waals surface area (Å²) in [7, 11) is -2.21. The lowest BCUT2D eigenvalue weighted by Gasteiger charge is -2.08. The number of hydrogen-bond donors (Lipinski definition) is 2. The van der Waals surface area contributed by atoms with Crippen LogP contribution in [0, 0.1) is 5.82 Å². The predicted octanol–water partition coefficient (Wildman–Crippen LogP) is 1.50. The van der Waals surface area contributed by atoms with Gasteiger partial charge in [-0.2, -0.15) is 5.10 Å². The molecule has 0 aliphatic carbocycles. The van der Waals surface area contributed by atoms with Gasteiger partial charge in [0.25, 0.3) is 10.0 Å². The van der Waals surface area contributed by atoms with Crippen LogP contribution in [0.2, 0.25) is 0 Å². The first kappa shape index (κ1) is 14.3. The van der Waals surface area contributed by atoms with Crippen LogP contribution in [0.25, 0.3) is 0 Å². The van der Waals surface area contributed by atoms with Crippen LogP contribution in [0.5, 0.6) is 0 Å². The van der Waals surface area contributed by atoms with E-state index >= 15 is 0 Å². The van der Waals surface area contributed by atoms with E-state index in [1.54, 1.807) is 13.2 Å². The number of nitrogens with one attached hydrogen (secondary N) is 1. The molecule has 0 atom stereocenters. The third kappa shape index (κ3) is 2.90. The topological polar surface area (TPSA) is 90.0 Å². The highest BCUT2D eigenvalue weighted by Crippen LogP contribution is 2.21. The fraction of sp³-hybridized carbons (Fsp3) is 0.250. The van der Waals surface area contributed by atoms with Crippen molar-refractivity contribution in [3.05, 3.63) is 35.9 Å². The van der Waals surface area contributed by atoms with Crippen LogP contribution in [0.15, 0.2) is 29.3 Å². The Morgan fingerprint density at radius 2 is 2.10 bits per heavy atom. The van der Waals surface area contributed by atoms with Gasteiger partial charge < -0.3 is 5.73 Å². The van der Waals surface area contributed by atoms with Gasteiger partial charge >= 0.3 is 0 Å². The minimum atomic E-state index is -3.90. The van der Waals surface area contributed by atoms with Gasteiger partial charge in [0.15, 0.2) is 0 Å². The molecule has 0 amide bonds.